The van der Waals surface area contributed by atoms with Gasteiger partial charge in [-0.25, -0.2) is 4.79 Å². The van der Waals surface area contributed by atoms with E-state index in [9.17, 15) is 14.7 Å². The summed E-state index contributed by atoms with van der Waals surface area (Å²) in [5.74, 6) is -0.907. The molecule has 0 radical (unpaired) electrons. The maximum absolute atomic E-state index is 12.5. The topological polar surface area (TPSA) is 91.4 Å². The Kier molecular flexibility index (Phi) is 4.97. The van der Waals surface area contributed by atoms with Crippen LogP contribution in [0.5, 0.6) is 5.75 Å². The summed E-state index contributed by atoms with van der Waals surface area (Å²) in [4.78, 5) is 27.6. The average molecular weight is 330 g/mol. The molecule has 1 aromatic heterocycles. The number of rotatable bonds is 4. The van der Waals surface area contributed by atoms with E-state index in [2.05, 4.69) is 10.3 Å². The van der Waals surface area contributed by atoms with Crippen molar-refractivity contribution < 1.29 is 19.4 Å². The first-order valence-corrected chi connectivity index (χ1v) is 7.71. The van der Waals surface area contributed by atoms with Crippen LogP contribution in [0.2, 0.25) is 0 Å². The van der Waals surface area contributed by atoms with Crippen LogP contribution < -0.4 is 5.32 Å². The predicted octanol–water partition coefficient (Wildman–Crippen LogP) is 3.46. The first kappa shape index (κ1) is 17.6. The fourth-order valence-corrected chi connectivity index (χ4v) is 2.49. The van der Waals surface area contributed by atoms with Gasteiger partial charge in [0.2, 0.25) is 0 Å². The molecule has 6 heteroatoms. The van der Waals surface area contributed by atoms with Gasteiger partial charge in [0, 0.05) is 5.69 Å². The number of hydrogen-bond donors (Lipinski definition) is 3. The van der Waals surface area contributed by atoms with Gasteiger partial charge in [0.1, 0.15) is 11.4 Å². The molecule has 0 saturated heterocycles. The van der Waals surface area contributed by atoms with Gasteiger partial charge in [-0.2, -0.15) is 0 Å². The Balaban J connectivity index is 2.29. The molecule has 0 aliphatic carbocycles. The maximum atomic E-state index is 12.5. The third-order valence-electron chi connectivity index (χ3n) is 3.61. The molecule has 0 saturated carbocycles. The molecule has 0 aliphatic rings. The van der Waals surface area contributed by atoms with Crippen molar-refractivity contribution in [1.29, 1.82) is 0 Å². The van der Waals surface area contributed by atoms with E-state index in [1.807, 2.05) is 6.92 Å². The number of anilines is 1. The Morgan fingerprint density at radius 2 is 1.88 bits per heavy atom. The molecule has 2 rings (SSSR count). The molecule has 3 N–H and O–H groups in total. The number of nitrogens with one attached hydrogen (secondary N) is 2. The SMILES string of the molecule is Cc1ccc(NC(=O)c2[nH]c(C)c(C(=O)OC(C)C)c2C)c(O)c1. The number of carbonyl (C=O) groups excluding carboxylic acids is 2. The Bertz CT molecular complexity index is 791. The second-order valence-electron chi connectivity index (χ2n) is 6.05. The summed E-state index contributed by atoms with van der Waals surface area (Å²) < 4.78 is 5.21. The zero-order chi connectivity index (χ0) is 18.0. The number of aromatic nitrogens is 1. The lowest BCUT2D eigenvalue weighted by atomic mass is 10.1. The van der Waals surface area contributed by atoms with Crippen LogP contribution in [-0.4, -0.2) is 28.1 Å². The van der Waals surface area contributed by atoms with E-state index >= 15 is 0 Å². The number of H-pyrrole nitrogens is 1. The normalized spacial score (nSPS) is 10.8. The number of amides is 1. The zero-order valence-electron chi connectivity index (χ0n) is 14.5. The summed E-state index contributed by atoms with van der Waals surface area (Å²) >= 11 is 0. The van der Waals surface area contributed by atoms with Crippen LogP contribution in [0.1, 0.15) is 51.5 Å². The molecule has 128 valence electrons. The fraction of sp³-hybridized carbons (Fsp3) is 0.333. The second-order valence-corrected chi connectivity index (χ2v) is 6.05. The number of ether oxygens (including phenoxy) is 1. The molecular formula is C18H22N2O4. The minimum atomic E-state index is -0.464. The minimum Gasteiger partial charge on any atom is -0.506 e. The highest BCUT2D eigenvalue weighted by molar-refractivity contribution is 6.07. The third kappa shape index (κ3) is 3.59. The summed E-state index contributed by atoms with van der Waals surface area (Å²) in [6.45, 7) is 8.77. The van der Waals surface area contributed by atoms with Gasteiger partial charge >= 0.3 is 5.97 Å². The molecular weight excluding hydrogens is 308 g/mol. The van der Waals surface area contributed by atoms with Crippen molar-refractivity contribution in [2.75, 3.05) is 5.32 Å². The summed E-state index contributed by atoms with van der Waals surface area (Å²) in [7, 11) is 0. The van der Waals surface area contributed by atoms with Crippen molar-refractivity contribution >= 4 is 17.6 Å². The molecule has 0 atom stereocenters. The number of phenolic OH excluding ortho intramolecular Hbond substituents is 1. The quantitative estimate of drug-likeness (QED) is 0.591. The van der Waals surface area contributed by atoms with E-state index in [-0.39, 0.29) is 17.5 Å². The highest BCUT2D eigenvalue weighted by atomic mass is 16.5. The van der Waals surface area contributed by atoms with Gasteiger partial charge in [-0.05, 0) is 57.9 Å². The van der Waals surface area contributed by atoms with E-state index in [0.29, 0.717) is 22.5 Å². The second kappa shape index (κ2) is 6.78. The molecule has 0 aliphatic heterocycles. The van der Waals surface area contributed by atoms with Gasteiger partial charge in [-0.1, -0.05) is 6.07 Å². The highest BCUT2D eigenvalue weighted by Gasteiger charge is 2.24. The van der Waals surface area contributed by atoms with E-state index in [4.69, 9.17) is 4.74 Å². The monoisotopic (exact) mass is 330 g/mol. The van der Waals surface area contributed by atoms with Crippen molar-refractivity contribution in [2.24, 2.45) is 0 Å². The molecule has 0 fully saturated rings. The fourth-order valence-electron chi connectivity index (χ4n) is 2.49. The molecule has 1 amide bonds. The standard InChI is InChI=1S/C18H22N2O4/c1-9(2)24-18(23)15-11(4)16(19-12(15)5)17(22)20-13-7-6-10(3)8-14(13)21/h6-9,19,21H,1-5H3,(H,20,22). The van der Waals surface area contributed by atoms with Gasteiger partial charge in [0.05, 0.1) is 17.4 Å². The van der Waals surface area contributed by atoms with E-state index < -0.39 is 11.9 Å². The number of phenols is 1. The lowest BCUT2D eigenvalue weighted by Crippen LogP contribution is -2.15. The van der Waals surface area contributed by atoms with Crippen LogP contribution in [0.15, 0.2) is 18.2 Å². The van der Waals surface area contributed by atoms with E-state index in [1.54, 1.807) is 45.9 Å². The Morgan fingerprint density at radius 1 is 1.21 bits per heavy atom. The number of carbonyl (C=O) groups is 2. The van der Waals surface area contributed by atoms with Crippen molar-refractivity contribution in [1.82, 2.24) is 4.98 Å². The van der Waals surface area contributed by atoms with Crippen LogP contribution >= 0.6 is 0 Å². The Labute approximate surface area is 140 Å². The van der Waals surface area contributed by atoms with Crippen molar-refractivity contribution in [2.45, 2.75) is 40.7 Å². The summed E-state index contributed by atoms with van der Waals surface area (Å²) in [6, 6.07) is 4.98. The number of benzene rings is 1. The van der Waals surface area contributed by atoms with Gasteiger partial charge in [0.25, 0.3) is 5.91 Å². The molecule has 0 unspecified atom stereocenters. The Morgan fingerprint density at radius 3 is 2.46 bits per heavy atom. The smallest absolute Gasteiger partial charge is 0.340 e. The lowest BCUT2D eigenvalue weighted by molar-refractivity contribution is 0.0376. The number of aromatic hydroxyl groups is 1. The van der Waals surface area contributed by atoms with Gasteiger partial charge in [-0.3, -0.25) is 4.79 Å². The molecule has 0 spiro atoms. The minimum absolute atomic E-state index is 0.0104. The zero-order valence-corrected chi connectivity index (χ0v) is 14.5. The predicted molar refractivity (Wildman–Crippen MR) is 91.6 cm³/mol. The van der Waals surface area contributed by atoms with Crippen molar-refractivity contribution in [3.63, 3.8) is 0 Å². The van der Waals surface area contributed by atoms with Gasteiger partial charge < -0.3 is 20.1 Å². The number of aryl methyl sites for hydroxylation is 2. The molecule has 1 heterocycles. The van der Waals surface area contributed by atoms with Crippen LogP contribution in [-0.2, 0) is 4.74 Å². The third-order valence-corrected chi connectivity index (χ3v) is 3.61. The summed E-state index contributed by atoms with van der Waals surface area (Å²) in [5.41, 5.74) is 2.91. The first-order valence-electron chi connectivity index (χ1n) is 7.71. The van der Waals surface area contributed by atoms with Gasteiger partial charge in [0.15, 0.2) is 0 Å². The number of esters is 1. The van der Waals surface area contributed by atoms with Crippen LogP contribution in [0, 0.1) is 20.8 Å². The highest BCUT2D eigenvalue weighted by Crippen LogP contribution is 2.26. The largest absolute Gasteiger partial charge is 0.506 e. The lowest BCUT2D eigenvalue weighted by Gasteiger charge is -2.09. The number of hydrogen-bond acceptors (Lipinski definition) is 4. The Hall–Kier alpha value is -2.76. The van der Waals surface area contributed by atoms with Crippen LogP contribution in [0.3, 0.4) is 0 Å². The van der Waals surface area contributed by atoms with Crippen molar-refractivity contribution in [3.05, 3.63) is 46.3 Å². The summed E-state index contributed by atoms with van der Waals surface area (Å²) in [5, 5.41) is 12.5. The molecule has 1 aromatic carbocycles. The van der Waals surface area contributed by atoms with Crippen molar-refractivity contribution in [3.8, 4) is 5.75 Å². The van der Waals surface area contributed by atoms with Gasteiger partial charge in [-0.15, -0.1) is 0 Å². The molecule has 6 nitrogen and oxygen atoms in total. The summed E-state index contributed by atoms with van der Waals surface area (Å²) in [6.07, 6.45) is -0.243. The maximum Gasteiger partial charge on any atom is 0.340 e. The molecule has 2 aromatic rings. The van der Waals surface area contributed by atoms with E-state index in [0.717, 1.165) is 5.56 Å². The van der Waals surface area contributed by atoms with Crippen LogP contribution in [0.25, 0.3) is 0 Å². The van der Waals surface area contributed by atoms with E-state index in [1.165, 1.54) is 0 Å². The molecule has 24 heavy (non-hydrogen) atoms. The number of aromatic amines is 1. The molecule has 0 bridgehead atoms. The van der Waals surface area contributed by atoms with Crippen LogP contribution in [0.4, 0.5) is 5.69 Å². The average Bonchev–Trinajstić information content (AvgIpc) is 2.76. The first-order chi connectivity index (χ1) is 11.2.